The molecular formula is C7H6FN. The number of benzene rings is 1. The average molecular weight is 123 g/mol. The van der Waals surface area contributed by atoms with Crippen LogP contribution in [0.4, 0.5) is 4.70 Å². The average Bonchev–Trinajstić information content (AvgIpc) is 1.90. The van der Waals surface area contributed by atoms with Crippen molar-refractivity contribution in [2.24, 2.45) is 0 Å². The van der Waals surface area contributed by atoms with Gasteiger partial charge in [0.2, 0.25) is 0 Å². The highest BCUT2D eigenvalue weighted by Gasteiger charge is 1.79. The normalized spacial score (nSPS) is 7.00. The smallest absolute Gasteiger partial charge is 0.0991 e. The largest absolute Gasteiger partial charge is 0.269 e. The van der Waals surface area contributed by atoms with Crippen LogP contribution in [-0.4, -0.2) is 0 Å². The van der Waals surface area contributed by atoms with Crippen LogP contribution in [0.5, 0.6) is 0 Å². The molecule has 1 aromatic rings. The molecule has 0 aliphatic rings. The molecule has 0 spiro atoms. The zero-order valence-corrected chi connectivity index (χ0v) is 4.74. The molecule has 0 bridgehead atoms. The summed E-state index contributed by atoms with van der Waals surface area (Å²) in [5.41, 5.74) is 0.715. The topological polar surface area (TPSA) is 23.8 Å². The van der Waals surface area contributed by atoms with Crippen LogP contribution in [0.2, 0.25) is 0 Å². The maximum absolute atomic E-state index is 8.29. The first-order chi connectivity index (χ1) is 3.93. The maximum atomic E-state index is 8.29. The van der Waals surface area contributed by atoms with Crippen LogP contribution in [0.15, 0.2) is 30.3 Å². The first-order valence-electron chi connectivity index (χ1n) is 2.38. The fourth-order valence-corrected chi connectivity index (χ4v) is 0.513. The summed E-state index contributed by atoms with van der Waals surface area (Å²) in [6.45, 7) is 0. The molecule has 0 heterocycles. The van der Waals surface area contributed by atoms with Gasteiger partial charge < -0.3 is 0 Å². The minimum Gasteiger partial charge on any atom is -0.269 e. The Morgan fingerprint density at radius 3 is 2.00 bits per heavy atom. The number of hydrogen-bond acceptors (Lipinski definition) is 1. The summed E-state index contributed by atoms with van der Waals surface area (Å²) < 4.78 is 0. The lowest BCUT2D eigenvalue weighted by Gasteiger charge is -1.80. The third-order valence-corrected chi connectivity index (χ3v) is 0.903. The van der Waals surface area contributed by atoms with Gasteiger partial charge in [0.25, 0.3) is 0 Å². The molecule has 46 valence electrons. The number of hydrogen-bond donors (Lipinski definition) is 0. The molecule has 0 aliphatic carbocycles. The summed E-state index contributed by atoms with van der Waals surface area (Å²) in [6, 6.07) is 11.2. The van der Waals surface area contributed by atoms with Crippen molar-refractivity contribution in [2.75, 3.05) is 0 Å². The van der Waals surface area contributed by atoms with Crippen molar-refractivity contribution in [3.63, 3.8) is 0 Å². The first-order valence-corrected chi connectivity index (χ1v) is 2.38. The highest BCUT2D eigenvalue weighted by molar-refractivity contribution is 5.27. The zero-order valence-electron chi connectivity index (χ0n) is 4.74. The molecule has 9 heavy (non-hydrogen) atoms. The van der Waals surface area contributed by atoms with E-state index in [-0.39, 0.29) is 4.70 Å². The monoisotopic (exact) mass is 123 g/mol. The van der Waals surface area contributed by atoms with Gasteiger partial charge in [-0.2, -0.15) is 5.26 Å². The van der Waals surface area contributed by atoms with Crippen molar-refractivity contribution in [3.05, 3.63) is 35.9 Å². The molecule has 0 saturated heterocycles. The van der Waals surface area contributed by atoms with Crippen molar-refractivity contribution in [3.8, 4) is 6.07 Å². The van der Waals surface area contributed by atoms with Crippen LogP contribution in [-0.2, 0) is 0 Å². The number of nitriles is 1. The van der Waals surface area contributed by atoms with Crippen molar-refractivity contribution in [2.45, 2.75) is 0 Å². The number of rotatable bonds is 0. The van der Waals surface area contributed by atoms with Crippen LogP contribution in [0.3, 0.4) is 0 Å². The lowest BCUT2D eigenvalue weighted by molar-refractivity contribution is 1.11. The molecule has 0 aliphatic heterocycles. The summed E-state index contributed by atoms with van der Waals surface area (Å²) in [4.78, 5) is 0. The van der Waals surface area contributed by atoms with E-state index in [1.165, 1.54) is 0 Å². The molecule has 0 atom stereocenters. The molecule has 0 aromatic heterocycles. The second-order valence-corrected chi connectivity index (χ2v) is 1.48. The van der Waals surface area contributed by atoms with E-state index in [0.29, 0.717) is 5.56 Å². The minimum atomic E-state index is 0. The predicted molar refractivity (Wildman–Crippen MR) is 33.7 cm³/mol. The van der Waals surface area contributed by atoms with E-state index in [2.05, 4.69) is 0 Å². The second kappa shape index (κ2) is 3.62. The summed E-state index contributed by atoms with van der Waals surface area (Å²) in [7, 11) is 0. The van der Waals surface area contributed by atoms with Gasteiger partial charge in [0, 0.05) is 0 Å². The fraction of sp³-hybridized carbons (Fsp3) is 0. The SMILES string of the molecule is F.N#Cc1ccccc1. The third kappa shape index (κ3) is 1.92. The van der Waals surface area contributed by atoms with Gasteiger partial charge in [-0.3, -0.25) is 4.70 Å². The summed E-state index contributed by atoms with van der Waals surface area (Å²) in [5, 5.41) is 8.29. The van der Waals surface area contributed by atoms with Crippen molar-refractivity contribution >= 4 is 0 Å². The van der Waals surface area contributed by atoms with Gasteiger partial charge in [0.15, 0.2) is 0 Å². The molecule has 0 unspecified atom stereocenters. The molecule has 0 radical (unpaired) electrons. The van der Waals surface area contributed by atoms with Gasteiger partial charge >= 0.3 is 0 Å². The van der Waals surface area contributed by atoms with E-state index in [1.807, 2.05) is 24.3 Å². The quantitative estimate of drug-likeness (QED) is 0.515. The molecule has 1 nitrogen and oxygen atoms in total. The molecule has 0 N–H and O–H groups in total. The van der Waals surface area contributed by atoms with Crippen LogP contribution in [0, 0.1) is 11.3 Å². The Morgan fingerprint density at radius 2 is 1.67 bits per heavy atom. The highest BCUT2D eigenvalue weighted by Crippen LogP contribution is 1.92. The van der Waals surface area contributed by atoms with Crippen LogP contribution in [0.25, 0.3) is 0 Å². The lowest BCUT2D eigenvalue weighted by atomic mass is 10.2. The molecular weight excluding hydrogens is 117 g/mol. The molecule has 0 fully saturated rings. The zero-order chi connectivity index (χ0) is 5.82. The summed E-state index contributed by atoms with van der Waals surface area (Å²) in [5.74, 6) is 0. The van der Waals surface area contributed by atoms with Gasteiger partial charge in [0.1, 0.15) is 0 Å². The molecule has 1 rings (SSSR count). The van der Waals surface area contributed by atoms with Gasteiger partial charge in [-0.1, -0.05) is 18.2 Å². The van der Waals surface area contributed by atoms with Crippen LogP contribution >= 0.6 is 0 Å². The maximum Gasteiger partial charge on any atom is 0.0991 e. The van der Waals surface area contributed by atoms with E-state index >= 15 is 0 Å². The third-order valence-electron chi connectivity index (χ3n) is 0.903. The van der Waals surface area contributed by atoms with Gasteiger partial charge in [0.05, 0.1) is 11.6 Å². The second-order valence-electron chi connectivity index (χ2n) is 1.48. The Kier molecular flexibility index (Phi) is 3.07. The molecule has 0 amide bonds. The molecule has 1 aromatic carbocycles. The standard InChI is InChI=1S/C7H5N.FH/c8-6-7-4-2-1-3-5-7;/h1-5H;1H. The summed E-state index contributed by atoms with van der Waals surface area (Å²) >= 11 is 0. The molecule has 0 saturated carbocycles. The Labute approximate surface area is 52.9 Å². The Morgan fingerprint density at radius 1 is 1.11 bits per heavy atom. The summed E-state index contributed by atoms with van der Waals surface area (Å²) in [6.07, 6.45) is 0. The van der Waals surface area contributed by atoms with E-state index in [1.54, 1.807) is 12.1 Å². The van der Waals surface area contributed by atoms with Gasteiger partial charge in [-0.15, -0.1) is 0 Å². The fourth-order valence-electron chi connectivity index (χ4n) is 0.513. The van der Waals surface area contributed by atoms with Crippen molar-refractivity contribution < 1.29 is 4.70 Å². The van der Waals surface area contributed by atoms with Crippen molar-refractivity contribution in [1.82, 2.24) is 0 Å². The predicted octanol–water partition coefficient (Wildman–Crippen LogP) is 1.71. The Bertz CT molecular complexity index is 200. The highest BCUT2D eigenvalue weighted by atomic mass is 19.0. The Hall–Kier alpha value is -1.36. The van der Waals surface area contributed by atoms with E-state index in [0.717, 1.165) is 0 Å². The minimum absolute atomic E-state index is 0. The first kappa shape index (κ1) is 7.64. The van der Waals surface area contributed by atoms with Gasteiger partial charge in [-0.05, 0) is 12.1 Å². The lowest BCUT2D eigenvalue weighted by Crippen LogP contribution is -1.66. The van der Waals surface area contributed by atoms with Crippen molar-refractivity contribution in [1.29, 1.82) is 5.26 Å². The van der Waals surface area contributed by atoms with E-state index in [9.17, 15) is 0 Å². The Balaban J connectivity index is 0.000000640. The number of nitrogens with zero attached hydrogens (tertiary/aromatic N) is 1. The van der Waals surface area contributed by atoms with Crippen LogP contribution < -0.4 is 0 Å². The van der Waals surface area contributed by atoms with E-state index in [4.69, 9.17) is 5.26 Å². The van der Waals surface area contributed by atoms with Gasteiger partial charge in [-0.25, -0.2) is 0 Å². The van der Waals surface area contributed by atoms with Crippen LogP contribution in [0.1, 0.15) is 5.56 Å². The van der Waals surface area contributed by atoms with E-state index < -0.39 is 0 Å². The number of halogens is 1. The molecule has 2 heteroatoms.